The van der Waals surface area contributed by atoms with Gasteiger partial charge in [0.05, 0.1) is 6.04 Å². The van der Waals surface area contributed by atoms with Gasteiger partial charge in [0.25, 0.3) is 0 Å². The Labute approximate surface area is 94.7 Å². The Morgan fingerprint density at radius 2 is 1.62 bits per heavy atom. The van der Waals surface area contributed by atoms with Gasteiger partial charge in [0.1, 0.15) is 0 Å². The van der Waals surface area contributed by atoms with E-state index in [0.29, 0.717) is 5.56 Å². The van der Waals surface area contributed by atoms with Crippen LogP contribution < -0.4 is 5.73 Å². The van der Waals surface area contributed by atoms with Crippen molar-refractivity contribution in [2.24, 2.45) is 5.73 Å². The zero-order chi connectivity index (χ0) is 11.4. The SMILES string of the molecule is NC(c1ccccc1)c1cccc([C]=O)c1. The Hall–Kier alpha value is -1.93. The first-order valence-corrected chi connectivity index (χ1v) is 5.10. The van der Waals surface area contributed by atoms with Gasteiger partial charge in [0.2, 0.25) is 6.29 Å². The van der Waals surface area contributed by atoms with E-state index in [4.69, 9.17) is 5.73 Å². The van der Waals surface area contributed by atoms with Crippen molar-refractivity contribution in [3.63, 3.8) is 0 Å². The van der Waals surface area contributed by atoms with Crippen LogP contribution in [0.4, 0.5) is 0 Å². The summed E-state index contributed by atoms with van der Waals surface area (Å²) in [6, 6.07) is 16.8. The summed E-state index contributed by atoms with van der Waals surface area (Å²) >= 11 is 0. The zero-order valence-corrected chi connectivity index (χ0v) is 8.76. The van der Waals surface area contributed by atoms with Crippen LogP contribution in [0.5, 0.6) is 0 Å². The van der Waals surface area contributed by atoms with Crippen LogP contribution in [0.15, 0.2) is 54.6 Å². The van der Waals surface area contributed by atoms with E-state index in [1.807, 2.05) is 48.8 Å². The number of hydrogen-bond acceptors (Lipinski definition) is 2. The van der Waals surface area contributed by atoms with Crippen molar-refractivity contribution in [3.8, 4) is 0 Å². The van der Waals surface area contributed by atoms with Crippen molar-refractivity contribution in [1.29, 1.82) is 0 Å². The molecular weight excluding hydrogens is 198 g/mol. The van der Waals surface area contributed by atoms with Crippen LogP contribution in [-0.4, -0.2) is 6.29 Å². The largest absolute Gasteiger partial charge is 0.320 e. The molecule has 2 nitrogen and oxygen atoms in total. The van der Waals surface area contributed by atoms with E-state index in [1.54, 1.807) is 12.1 Å². The molecule has 79 valence electrons. The molecule has 0 aliphatic carbocycles. The van der Waals surface area contributed by atoms with Gasteiger partial charge >= 0.3 is 0 Å². The lowest BCUT2D eigenvalue weighted by atomic mass is 9.98. The van der Waals surface area contributed by atoms with E-state index in [0.717, 1.165) is 11.1 Å². The molecule has 0 bridgehead atoms. The van der Waals surface area contributed by atoms with Crippen molar-refractivity contribution in [2.75, 3.05) is 0 Å². The maximum Gasteiger partial charge on any atom is 0.233 e. The molecule has 2 aromatic carbocycles. The molecule has 2 rings (SSSR count). The third-order valence-corrected chi connectivity index (χ3v) is 2.52. The predicted molar refractivity (Wildman–Crippen MR) is 63.7 cm³/mol. The second-order valence-electron chi connectivity index (χ2n) is 3.62. The van der Waals surface area contributed by atoms with Crippen LogP contribution in [0.1, 0.15) is 22.7 Å². The summed E-state index contributed by atoms with van der Waals surface area (Å²) in [5, 5.41) is 0. The molecule has 2 N–H and O–H groups in total. The molecule has 0 amide bonds. The molecule has 0 fully saturated rings. The Kier molecular flexibility index (Phi) is 3.13. The average Bonchev–Trinajstić information content (AvgIpc) is 2.39. The van der Waals surface area contributed by atoms with Crippen molar-refractivity contribution in [1.82, 2.24) is 0 Å². The topological polar surface area (TPSA) is 43.1 Å². The van der Waals surface area contributed by atoms with Crippen molar-refractivity contribution in [3.05, 3.63) is 71.3 Å². The molecule has 1 atom stereocenters. The minimum atomic E-state index is -0.200. The molecule has 0 saturated carbocycles. The summed E-state index contributed by atoms with van der Waals surface area (Å²) in [5.74, 6) is 0. The van der Waals surface area contributed by atoms with Gasteiger partial charge in [0, 0.05) is 5.56 Å². The van der Waals surface area contributed by atoms with Crippen molar-refractivity contribution in [2.45, 2.75) is 6.04 Å². The van der Waals surface area contributed by atoms with E-state index in [-0.39, 0.29) is 6.04 Å². The molecule has 0 aliphatic heterocycles. The Morgan fingerprint density at radius 3 is 2.31 bits per heavy atom. The summed E-state index contributed by atoms with van der Waals surface area (Å²) in [7, 11) is 0. The Bertz CT molecular complexity index is 479. The highest BCUT2D eigenvalue weighted by molar-refractivity contribution is 5.75. The molecule has 1 radical (unpaired) electrons. The first-order valence-electron chi connectivity index (χ1n) is 5.10. The monoisotopic (exact) mass is 210 g/mol. The lowest BCUT2D eigenvalue weighted by molar-refractivity contribution is 0.562. The minimum Gasteiger partial charge on any atom is -0.320 e. The van der Waals surface area contributed by atoms with E-state index in [9.17, 15) is 4.79 Å². The molecule has 2 aromatic rings. The molecule has 0 heterocycles. The van der Waals surface area contributed by atoms with Crippen LogP contribution in [0, 0.1) is 0 Å². The van der Waals surface area contributed by atoms with Crippen LogP contribution >= 0.6 is 0 Å². The fourth-order valence-electron chi connectivity index (χ4n) is 1.65. The molecule has 0 spiro atoms. The minimum absolute atomic E-state index is 0.200. The average molecular weight is 210 g/mol. The van der Waals surface area contributed by atoms with Crippen LogP contribution in [-0.2, 0) is 4.79 Å². The molecule has 16 heavy (non-hydrogen) atoms. The molecule has 0 aliphatic rings. The van der Waals surface area contributed by atoms with Crippen molar-refractivity contribution < 1.29 is 4.79 Å². The third kappa shape index (κ3) is 2.18. The lowest BCUT2D eigenvalue weighted by Crippen LogP contribution is -2.11. The molecular formula is C14H12NO. The number of hydrogen-bond donors (Lipinski definition) is 1. The van der Waals surface area contributed by atoms with Gasteiger partial charge in [-0.25, -0.2) is 0 Å². The fraction of sp³-hybridized carbons (Fsp3) is 0.0714. The normalized spacial score (nSPS) is 12.1. The standard InChI is InChI=1S/C14H12NO/c15-14(12-6-2-1-3-7-12)13-8-4-5-11(9-13)10-16/h1-9,14H,15H2. The van der Waals surface area contributed by atoms with Crippen LogP contribution in [0.2, 0.25) is 0 Å². The number of benzene rings is 2. The van der Waals surface area contributed by atoms with E-state index in [1.165, 1.54) is 0 Å². The summed E-state index contributed by atoms with van der Waals surface area (Å²) < 4.78 is 0. The third-order valence-electron chi connectivity index (χ3n) is 2.52. The van der Waals surface area contributed by atoms with Crippen LogP contribution in [0.3, 0.4) is 0 Å². The Balaban J connectivity index is 2.34. The van der Waals surface area contributed by atoms with E-state index < -0.39 is 0 Å². The first kappa shape index (κ1) is 10.6. The smallest absolute Gasteiger partial charge is 0.233 e. The second-order valence-corrected chi connectivity index (χ2v) is 3.62. The number of carbonyl (C=O) groups excluding carboxylic acids is 1. The van der Waals surface area contributed by atoms with E-state index >= 15 is 0 Å². The quantitative estimate of drug-likeness (QED) is 0.843. The van der Waals surface area contributed by atoms with Gasteiger partial charge in [0.15, 0.2) is 0 Å². The molecule has 1 unspecified atom stereocenters. The highest BCUT2D eigenvalue weighted by atomic mass is 16.1. The summed E-state index contributed by atoms with van der Waals surface area (Å²) in [6.07, 6.45) is 1.87. The maximum atomic E-state index is 10.6. The number of nitrogens with two attached hydrogens (primary N) is 1. The Morgan fingerprint density at radius 1 is 0.938 bits per heavy atom. The predicted octanol–water partition coefficient (Wildman–Crippen LogP) is 2.19. The first-order chi connectivity index (χ1) is 7.81. The van der Waals surface area contributed by atoms with Gasteiger partial charge in [-0.15, -0.1) is 0 Å². The summed E-state index contributed by atoms with van der Waals surface area (Å²) in [4.78, 5) is 10.6. The van der Waals surface area contributed by atoms with E-state index in [2.05, 4.69) is 0 Å². The fourth-order valence-corrected chi connectivity index (χ4v) is 1.65. The summed E-state index contributed by atoms with van der Waals surface area (Å²) in [6.45, 7) is 0. The molecule has 0 aromatic heterocycles. The highest BCUT2D eigenvalue weighted by Crippen LogP contribution is 2.19. The van der Waals surface area contributed by atoms with Gasteiger partial charge in [-0.2, -0.15) is 0 Å². The van der Waals surface area contributed by atoms with Gasteiger partial charge in [-0.1, -0.05) is 48.5 Å². The molecule has 2 heteroatoms. The molecule has 0 saturated heterocycles. The highest BCUT2D eigenvalue weighted by Gasteiger charge is 2.08. The summed E-state index contributed by atoms with van der Waals surface area (Å²) in [5.41, 5.74) is 8.60. The second kappa shape index (κ2) is 4.73. The zero-order valence-electron chi connectivity index (χ0n) is 8.76. The maximum absolute atomic E-state index is 10.6. The van der Waals surface area contributed by atoms with Gasteiger partial charge < -0.3 is 5.73 Å². The van der Waals surface area contributed by atoms with Gasteiger partial charge in [-0.05, 0) is 17.2 Å². The lowest BCUT2D eigenvalue weighted by Gasteiger charge is -2.12. The van der Waals surface area contributed by atoms with Gasteiger partial charge in [-0.3, -0.25) is 4.79 Å². The van der Waals surface area contributed by atoms with Crippen LogP contribution in [0.25, 0.3) is 0 Å². The van der Waals surface area contributed by atoms with Crippen molar-refractivity contribution >= 4 is 6.29 Å². The number of rotatable bonds is 3.